The Bertz CT molecular complexity index is 978. The van der Waals surface area contributed by atoms with E-state index in [2.05, 4.69) is 95.6 Å². The highest BCUT2D eigenvalue weighted by molar-refractivity contribution is 9.29. The minimum absolute atomic E-state index is 0.248. The molecule has 0 fully saturated rings. The van der Waals surface area contributed by atoms with Crippen molar-refractivity contribution >= 4 is 142 Å². The van der Waals surface area contributed by atoms with Gasteiger partial charge < -0.3 is 9.47 Å². The molecule has 0 radical (unpaired) electrons. The van der Waals surface area contributed by atoms with Crippen molar-refractivity contribution in [1.82, 2.24) is 0 Å². The van der Waals surface area contributed by atoms with Crippen molar-refractivity contribution < 1.29 is 9.47 Å². The standard InChI is InChI=1S/C21H14Br6Cl4O2/c1-21(2,9-3-13(28)17(14(29)4-9)32-7-11(22)19(24)25)10-5-15(30)18(16(31)6-10)33-8-12(23)20(26)27/h3-6H,7-8H2,1-2H3. The van der Waals surface area contributed by atoms with Crippen molar-refractivity contribution in [3.05, 3.63) is 71.2 Å². The summed E-state index contributed by atoms with van der Waals surface area (Å²) in [5, 5.41) is 1.58. The summed E-state index contributed by atoms with van der Waals surface area (Å²) in [5.41, 5.74) is 1.22. The maximum Gasteiger partial charge on any atom is 0.157 e. The Hall–Kier alpha value is 1.56. The third-order valence-electron chi connectivity index (χ3n) is 4.54. The Morgan fingerprint density at radius 1 is 0.636 bits per heavy atom. The van der Waals surface area contributed by atoms with Gasteiger partial charge in [0.05, 0.1) is 35.8 Å². The fourth-order valence-corrected chi connectivity index (χ4v) is 4.54. The van der Waals surface area contributed by atoms with Gasteiger partial charge in [-0.15, -0.1) is 0 Å². The van der Waals surface area contributed by atoms with Crippen LogP contribution in [-0.4, -0.2) is 13.2 Å². The second-order valence-electron chi connectivity index (χ2n) is 7.07. The maximum atomic E-state index is 6.52. The molecule has 0 heterocycles. The van der Waals surface area contributed by atoms with Crippen molar-refractivity contribution in [3.8, 4) is 11.5 Å². The summed E-state index contributed by atoms with van der Waals surface area (Å²) in [7, 11) is 0. The summed E-state index contributed by atoms with van der Waals surface area (Å²) in [6, 6.07) is 7.30. The molecule has 12 heteroatoms. The van der Waals surface area contributed by atoms with E-state index in [4.69, 9.17) is 55.9 Å². The average Bonchev–Trinajstić information content (AvgIpc) is 2.71. The third kappa shape index (κ3) is 8.27. The van der Waals surface area contributed by atoms with E-state index in [0.717, 1.165) is 26.9 Å². The molecule has 0 atom stereocenters. The Kier molecular flexibility index (Phi) is 12.5. The van der Waals surface area contributed by atoms with Crippen LogP contribution in [0.25, 0.3) is 0 Å². The highest BCUT2D eigenvalue weighted by Gasteiger charge is 2.28. The van der Waals surface area contributed by atoms with Gasteiger partial charge in [-0.3, -0.25) is 0 Å². The summed E-state index contributed by atoms with van der Waals surface area (Å²) in [4.78, 5) is 0. The zero-order chi connectivity index (χ0) is 25.1. The van der Waals surface area contributed by atoms with Gasteiger partial charge in [-0.1, -0.05) is 92.1 Å². The van der Waals surface area contributed by atoms with Crippen LogP contribution < -0.4 is 9.47 Å². The van der Waals surface area contributed by atoms with E-state index < -0.39 is 5.41 Å². The fraction of sp³-hybridized carbons (Fsp3) is 0.238. The first-order chi connectivity index (χ1) is 15.2. The van der Waals surface area contributed by atoms with Gasteiger partial charge in [0.1, 0.15) is 13.2 Å². The molecule has 0 N–H and O–H groups in total. The van der Waals surface area contributed by atoms with Crippen LogP contribution in [0.5, 0.6) is 11.5 Å². The molecule has 180 valence electrons. The van der Waals surface area contributed by atoms with Crippen LogP contribution in [0.4, 0.5) is 0 Å². The highest BCUT2D eigenvalue weighted by Crippen LogP contribution is 2.44. The number of ether oxygens (including phenoxy) is 2. The molecule has 2 aromatic carbocycles. The average molecular weight is 920 g/mol. The monoisotopic (exact) mass is 911 g/mol. The molecule has 0 saturated carbocycles. The SMILES string of the molecule is CC(C)(c1cc(Cl)c(OCC(Br)=C(Br)Br)c(Cl)c1)c1cc(Cl)c(OCC(Br)=C(Br)Br)c(Cl)c1. The van der Waals surface area contributed by atoms with E-state index in [0.29, 0.717) is 31.6 Å². The summed E-state index contributed by atoms with van der Waals surface area (Å²) >= 11 is 46.2. The Morgan fingerprint density at radius 2 is 0.909 bits per heavy atom. The summed E-state index contributed by atoms with van der Waals surface area (Å²) < 4.78 is 14.6. The zero-order valence-electron chi connectivity index (χ0n) is 16.8. The third-order valence-corrected chi connectivity index (χ3v) is 11.0. The molecule has 2 aromatic rings. The lowest BCUT2D eigenvalue weighted by Gasteiger charge is -2.28. The van der Waals surface area contributed by atoms with E-state index in [1.165, 1.54) is 0 Å². The van der Waals surface area contributed by atoms with Crippen molar-refractivity contribution in [2.45, 2.75) is 19.3 Å². The molecule has 0 saturated heterocycles. The minimum Gasteiger partial charge on any atom is -0.485 e. The molecule has 0 aliphatic carbocycles. The summed E-state index contributed by atoms with van der Waals surface area (Å²) in [5.74, 6) is 0.792. The van der Waals surface area contributed by atoms with Crippen LogP contribution in [0.3, 0.4) is 0 Å². The van der Waals surface area contributed by atoms with Crippen LogP contribution in [0.1, 0.15) is 25.0 Å². The number of rotatable bonds is 8. The Labute approximate surface area is 263 Å². The molecule has 0 amide bonds. The van der Waals surface area contributed by atoms with Gasteiger partial charge in [0.25, 0.3) is 0 Å². The zero-order valence-corrected chi connectivity index (χ0v) is 29.4. The number of hydrogen-bond acceptors (Lipinski definition) is 2. The molecule has 0 aliphatic heterocycles. The van der Waals surface area contributed by atoms with Gasteiger partial charge >= 0.3 is 0 Å². The van der Waals surface area contributed by atoms with Gasteiger partial charge in [-0.25, -0.2) is 0 Å². The van der Waals surface area contributed by atoms with Crippen LogP contribution in [0.2, 0.25) is 20.1 Å². The molecule has 0 unspecified atom stereocenters. The van der Waals surface area contributed by atoms with Crippen LogP contribution >= 0.6 is 142 Å². The predicted molar refractivity (Wildman–Crippen MR) is 164 cm³/mol. The van der Waals surface area contributed by atoms with Crippen molar-refractivity contribution in [3.63, 3.8) is 0 Å². The molecule has 2 rings (SSSR count). The smallest absolute Gasteiger partial charge is 0.157 e. The molecule has 0 aromatic heterocycles. The largest absolute Gasteiger partial charge is 0.485 e. The van der Waals surface area contributed by atoms with E-state index >= 15 is 0 Å². The predicted octanol–water partition coefficient (Wildman–Crippen LogP) is 12.1. The second-order valence-corrected chi connectivity index (χ2v) is 15.9. The molecule has 2 nitrogen and oxygen atoms in total. The van der Waals surface area contributed by atoms with Crippen molar-refractivity contribution in [2.24, 2.45) is 0 Å². The number of benzene rings is 2. The number of halogens is 10. The first kappa shape index (κ1) is 30.8. The highest BCUT2D eigenvalue weighted by atomic mass is 79.9. The molecular formula is C21H14Br6Cl4O2. The normalized spacial score (nSPS) is 11.3. The van der Waals surface area contributed by atoms with E-state index in [-0.39, 0.29) is 13.2 Å². The van der Waals surface area contributed by atoms with Crippen LogP contribution in [-0.2, 0) is 5.41 Å². The Morgan fingerprint density at radius 3 is 1.15 bits per heavy atom. The Balaban J connectivity index is 2.37. The second kappa shape index (κ2) is 13.4. The van der Waals surface area contributed by atoms with Crippen LogP contribution in [0, 0.1) is 0 Å². The van der Waals surface area contributed by atoms with E-state index in [9.17, 15) is 0 Å². The lowest BCUT2D eigenvalue weighted by Crippen LogP contribution is -2.19. The molecule has 0 aliphatic rings. The number of hydrogen-bond donors (Lipinski definition) is 0. The van der Waals surface area contributed by atoms with E-state index in [1.54, 1.807) is 0 Å². The van der Waals surface area contributed by atoms with Gasteiger partial charge in [0, 0.05) is 5.41 Å². The molecule has 33 heavy (non-hydrogen) atoms. The summed E-state index contributed by atoms with van der Waals surface area (Å²) in [6.07, 6.45) is 0. The quantitative estimate of drug-likeness (QED) is 0.263. The molecule has 0 bridgehead atoms. The lowest BCUT2D eigenvalue weighted by molar-refractivity contribution is 0.360. The van der Waals surface area contributed by atoms with E-state index in [1.807, 2.05) is 38.1 Å². The first-order valence-electron chi connectivity index (χ1n) is 8.89. The van der Waals surface area contributed by atoms with Crippen molar-refractivity contribution in [1.29, 1.82) is 0 Å². The summed E-state index contributed by atoms with van der Waals surface area (Å²) in [6.45, 7) is 4.55. The maximum absolute atomic E-state index is 6.52. The fourth-order valence-electron chi connectivity index (χ4n) is 2.66. The molecular weight excluding hydrogens is 905 g/mol. The minimum atomic E-state index is -0.517. The van der Waals surface area contributed by atoms with Crippen molar-refractivity contribution in [2.75, 3.05) is 13.2 Å². The van der Waals surface area contributed by atoms with Gasteiger partial charge in [0.2, 0.25) is 0 Å². The van der Waals surface area contributed by atoms with Gasteiger partial charge in [-0.05, 0) is 99.1 Å². The lowest BCUT2D eigenvalue weighted by atomic mass is 9.78. The van der Waals surface area contributed by atoms with Gasteiger partial charge in [-0.2, -0.15) is 0 Å². The van der Waals surface area contributed by atoms with Crippen LogP contribution in [0.15, 0.2) is 40.0 Å². The topological polar surface area (TPSA) is 18.5 Å². The first-order valence-corrected chi connectivity index (χ1v) is 15.2. The van der Waals surface area contributed by atoms with Gasteiger partial charge in [0.15, 0.2) is 11.5 Å². The molecule has 0 spiro atoms.